The number of ether oxygens (including phenoxy) is 2. The molecule has 0 spiro atoms. The molecule has 8 aliphatic rings. The van der Waals surface area contributed by atoms with Crippen LogP contribution in [0.1, 0.15) is 88.2 Å². The smallest absolute Gasteiger partial charge is 0.169 e. The molecule has 10 rings (SSSR count). The van der Waals surface area contributed by atoms with Gasteiger partial charge in [0.1, 0.15) is 13.2 Å². The summed E-state index contributed by atoms with van der Waals surface area (Å²) in [6.07, 6.45) is 16.8. The van der Waals surface area contributed by atoms with Crippen molar-refractivity contribution in [3.05, 3.63) is 35.4 Å². The molecule has 8 aliphatic carbocycles. The molecule has 38 heavy (non-hydrogen) atoms. The van der Waals surface area contributed by atoms with E-state index in [4.69, 9.17) is 9.47 Å². The summed E-state index contributed by atoms with van der Waals surface area (Å²) in [5.74, 6) is 6.86. The zero-order valence-electron chi connectivity index (χ0n) is 22.8. The quantitative estimate of drug-likeness (QED) is 0.420. The van der Waals surface area contributed by atoms with Crippen LogP contribution in [0.4, 0.5) is 0 Å². The number of benzene rings is 2. The third-order valence-corrected chi connectivity index (χ3v) is 12.0. The van der Waals surface area contributed by atoms with Crippen LogP contribution in [0.2, 0.25) is 0 Å². The number of rotatable bonds is 8. The summed E-state index contributed by atoms with van der Waals surface area (Å²) in [4.78, 5) is 0. The second-order valence-electron chi connectivity index (χ2n) is 14.5. The lowest BCUT2D eigenvalue weighted by molar-refractivity contribution is -0.0169. The second-order valence-corrected chi connectivity index (χ2v) is 14.5. The van der Waals surface area contributed by atoms with Crippen LogP contribution in [-0.2, 0) is 10.8 Å². The summed E-state index contributed by atoms with van der Waals surface area (Å²) in [6.45, 7) is 0.475. The van der Waals surface area contributed by atoms with E-state index in [1.54, 1.807) is 11.1 Å². The molecule has 0 atom stereocenters. The van der Waals surface area contributed by atoms with Gasteiger partial charge in [0, 0.05) is 5.39 Å². The van der Waals surface area contributed by atoms with Crippen LogP contribution in [0.25, 0.3) is 10.8 Å². The molecular formula is C34H44O4. The van der Waals surface area contributed by atoms with E-state index in [0.29, 0.717) is 11.2 Å². The van der Waals surface area contributed by atoms with E-state index in [0.717, 1.165) is 41.3 Å². The molecule has 8 saturated carbocycles. The molecule has 8 fully saturated rings. The molecule has 2 N–H and O–H groups in total. The van der Waals surface area contributed by atoms with Gasteiger partial charge in [0.2, 0.25) is 0 Å². The largest absolute Gasteiger partial charge is 0.487 e. The first-order valence-corrected chi connectivity index (χ1v) is 15.7. The van der Waals surface area contributed by atoms with Crippen LogP contribution in [0, 0.1) is 35.5 Å². The molecule has 8 bridgehead atoms. The van der Waals surface area contributed by atoms with Gasteiger partial charge in [-0.3, -0.25) is 0 Å². The molecule has 4 heteroatoms. The average molecular weight is 517 g/mol. The van der Waals surface area contributed by atoms with Gasteiger partial charge in [-0.1, -0.05) is 18.2 Å². The maximum Gasteiger partial charge on any atom is 0.169 e. The highest BCUT2D eigenvalue weighted by Crippen LogP contribution is 2.67. The minimum absolute atomic E-state index is 0.0167. The number of aliphatic hydroxyl groups is 2. The van der Waals surface area contributed by atoms with Crippen LogP contribution in [0.5, 0.6) is 11.5 Å². The van der Waals surface area contributed by atoms with Gasteiger partial charge in [-0.05, 0) is 146 Å². The Labute approximate surface area is 227 Å². The standard InChI is InChI=1S/C34H44O4/c35-5-7-37-29-4-2-27-1-3-28(33-15-21-9-22(16-33)11-23(10-21)17-33)31(30(27)32(29)38-8-6-36)34-18-24-12-25(19-34)14-26(13-24)20-34/h1-4,21-26,35-36H,5-20H2. The molecular weight excluding hydrogens is 472 g/mol. The molecule has 0 saturated heterocycles. The topological polar surface area (TPSA) is 58.9 Å². The predicted octanol–water partition coefficient (Wildman–Crippen LogP) is 6.52. The molecule has 0 heterocycles. The van der Waals surface area contributed by atoms with Crippen molar-refractivity contribution in [1.29, 1.82) is 0 Å². The van der Waals surface area contributed by atoms with Crippen LogP contribution in [-0.4, -0.2) is 36.6 Å². The van der Waals surface area contributed by atoms with E-state index in [1.165, 1.54) is 87.8 Å². The van der Waals surface area contributed by atoms with E-state index in [-0.39, 0.29) is 31.8 Å². The Morgan fingerprint density at radius 1 is 0.605 bits per heavy atom. The molecule has 0 amide bonds. The fourth-order valence-electron chi connectivity index (χ4n) is 11.8. The Bertz CT molecular complexity index is 1160. The molecule has 0 unspecified atom stereocenters. The molecule has 2 aromatic rings. The maximum atomic E-state index is 9.77. The van der Waals surface area contributed by atoms with Gasteiger partial charge < -0.3 is 19.7 Å². The van der Waals surface area contributed by atoms with Gasteiger partial charge >= 0.3 is 0 Å². The second kappa shape index (κ2) is 8.86. The summed E-state index contributed by atoms with van der Waals surface area (Å²) < 4.78 is 12.5. The molecule has 0 aliphatic heterocycles. The normalized spacial score (nSPS) is 40.3. The number of hydrogen-bond acceptors (Lipinski definition) is 4. The van der Waals surface area contributed by atoms with Crippen molar-refractivity contribution in [2.24, 2.45) is 35.5 Å². The third kappa shape index (κ3) is 3.61. The average Bonchev–Trinajstić information content (AvgIpc) is 2.88. The highest BCUT2D eigenvalue weighted by molar-refractivity contribution is 5.96. The Morgan fingerprint density at radius 2 is 1.08 bits per heavy atom. The van der Waals surface area contributed by atoms with E-state index in [1.807, 2.05) is 6.07 Å². The fraction of sp³-hybridized carbons (Fsp3) is 0.706. The van der Waals surface area contributed by atoms with Gasteiger partial charge in [0.25, 0.3) is 0 Å². The maximum absolute atomic E-state index is 9.77. The Hall–Kier alpha value is -1.78. The van der Waals surface area contributed by atoms with E-state index in [9.17, 15) is 10.2 Å². The van der Waals surface area contributed by atoms with Crippen LogP contribution < -0.4 is 9.47 Å². The molecule has 0 aromatic heterocycles. The highest BCUT2D eigenvalue weighted by atomic mass is 16.5. The predicted molar refractivity (Wildman–Crippen MR) is 149 cm³/mol. The summed E-state index contributed by atoms with van der Waals surface area (Å²) in [6, 6.07) is 9.15. The first kappa shape index (κ1) is 24.1. The van der Waals surface area contributed by atoms with Crippen molar-refractivity contribution in [3.8, 4) is 11.5 Å². The minimum Gasteiger partial charge on any atom is -0.487 e. The molecule has 204 valence electrons. The molecule has 4 nitrogen and oxygen atoms in total. The third-order valence-electron chi connectivity index (χ3n) is 12.0. The summed E-state index contributed by atoms with van der Waals surface area (Å²) in [5.41, 5.74) is 3.84. The zero-order chi connectivity index (χ0) is 25.5. The first-order chi connectivity index (χ1) is 18.6. The van der Waals surface area contributed by atoms with Crippen molar-refractivity contribution in [2.75, 3.05) is 26.4 Å². The summed E-state index contributed by atoms with van der Waals surface area (Å²) in [5, 5.41) is 21.8. The Kier molecular flexibility index (Phi) is 5.61. The van der Waals surface area contributed by atoms with E-state index in [2.05, 4.69) is 18.2 Å². The fourth-order valence-corrected chi connectivity index (χ4v) is 11.8. The van der Waals surface area contributed by atoms with Crippen molar-refractivity contribution in [2.45, 2.75) is 87.9 Å². The zero-order valence-corrected chi connectivity index (χ0v) is 22.8. The Morgan fingerprint density at radius 3 is 1.61 bits per heavy atom. The van der Waals surface area contributed by atoms with Crippen molar-refractivity contribution in [1.82, 2.24) is 0 Å². The monoisotopic (exact) mass is 516 g/mol. The lowest BCUT2D eigenvalue weighted by atomic mass is 9.44. The molecule has 2 aromatic carbocycles. The van der Waals surface area contributed by atoms with Crippen molar-refractivity contribution < 1.29 is 19.7 Å². The van der Waals surface area contributed by atoms with Gasteiger partial charge in [-0.15, -0.1) is 0 Å². The van der Waals surface area contributed by atoms with Crippen molar-refractivity contribution >= 4 is 10.8 Å². The van der Waals surface area contributed by atoms with Crippen LogP contribution in [0.3, 0.4) is 0 Å². The van der Waals surface area contributed by atoms with Gasteiger partial charge in [-0.25, -0.2) is 0 Å². The molecule has 0 radical (unpaired) electrons. The number of fused-ring (bicyclic) bond motifs is 1. The van der Waals surface area contributed by atoms with Gasteiger partial charge in [0.15, 0.2) is 11.5 Å². The SMILES string of the molecule is OCCOc1ccc2ccc(C34CC5CC(CC(C5)C3)C4)c(C34CC5CC(CC(C5)C3)C4)c2c1OCCO. The van der Waals surface area contributed by atoms with Gasteiger partial charge in [-0.2, -0.15) is 0 Å². The lowest BCUT2D eigenvalue weighted by Gasteiger charge is -2.61. The first-order valence-electron chi connectivity index (χ1n) is 15.7. The Balaban J connectivity index is 1.39. The summed E-state index contributed by atoms with van der Waals surface area (Å²) in [7, 11) is 0. The van der Waals surface area contributed by atoms with Crippen LogP contribution in [0.15, 0.2) is 24.3 Å². The van der Waals surface area contributed by atoms with Crippen molar-refractivity contribution in [3.63, 3.8) is 0 Å². The summed E-state index contributed by atoms with van der Waals surface area (Å²) >= 11 is 0. The minimum atomic E-state index is -0.0212. The number of hydrogen-bond donors (Lipinski definition) is 2. The lowest BCUT2D eigenvalue weighted by Crippen LogP contribution is -2.52. The highest BCUT2D eigenvalue weighted by Gasteiger charge is 2.57. The van der Waals surface area contributed by atoms with E-state index < -0.39 is 0 Å². The van der Waals surface area contributed by atoms with Crippen LogP contribution >= 0.6 is 0 Å². The van der Waals surface area contributed by atoms with E-state index >= 15 is 0 Å². The number of aliphatic hydroxyl groups excluding tert-OH is 2. The van der Waals surface area contributed by atoms with Gasteiger partial charge in [0.05, 0.1) is 13.2 Å².